The van der Waals surface area contributed by atoms with Gasteiger partial charge in [-0.3, -0.25) is 9.59 Å². The number of rotatable bonds is 2. The van der Waals surface area contributed by atoms with Gasteiger partial charge >= 0.3 is 0 Å². The number of amides is 2. The van der Waals surface area contributed by atoms with Crippen molar-refractivity contribution in [1.82, 2.24) is 5.32 Å². The van der Waals surface area contributed by atoms with Gasteiger partial charge in [0.05, 0.1) is 21.0 Å². The second-order valence-corrected chi connectivity index (χ2v) is 6.77. The average Bonchev–Trinajstić information content (AvgIpc) is 2.68. The molecular formula is C13H10Br2N2O3S. The second-order valence-electron chi connectivity index (χ2n) is 4.03. The van der Waals surface area contributed by atoms with Crippen molar-refractivity contribution >= 4 is 66.7 Å². The third kappa shape index (κ3) is 3.96. The van der Waals surface area contributed by atoms with Gasteiger partial charge in [-0.15, -0.1) is 0 Å². The first-order valence-electron chi connectivity index (χ1n) is 5.74. The molecule has 0 fully saturated rings. The number of ether oxygens (including phenoxy) is 1. The van der Waals surface area contributed by atoms with E-state index in [9.17, 15) is 9.59 Å². The minimum absolute atomic E-state index is 0.259. The van der Waals surface area contributed by atoms with Gasteiger partial charge in [0.1, 0.15) is 5.75 Å². The third-order valence-corrected chi connectivity index (χ3v) is 4.50. The standard InChI is InChI=1S/C13H10Br2N2O3S/c1-6(18)16-13-17-12(19)10(21-13)5-7-3-8(14)11(20-2)9(15)4-7/h3-5H,1-2H3,(H,16,17,18,19). The summed E-state index contributed by atoms with van der Waals surface area (Å²) in [5.41, 5.74) is 0.810. The number of benzene rings is 1. The molecule has 0 atom stereocenters. The lowest BCUT2D eigenvalue weighted by atomic mass is 10.2. The number of hydrogen-bond donors (Lipinski definition) is 1. The van der Waals surface area contributed by atoms with E-state index in [0.717, 1.165) is 26.3 Å². The van der Waals surface area contributed by atoms with Gasteiger partial charge in [0.25, 0.3) is 5.91 Å². The first-order valence-corrected chi connectivity index (χ1v) is 8.14. The Morgan fingerprint density at radius 2 is 2.00 bits per heavy atom. The topological polar surface area (TPSA) is 67.8 Å². The zero-order valence-corrected chi connectivity index (χ0v) is 15.1. The molecule has 110 valence electrons. The number of carbonyl (C=O) groups is 2. The summed E-state index contributed by atoms with van der Waals surface area (Å²) in [4.78, 5) is 27.0. The molecule has 1 aromatic carbocycles. The van der Waals surface area contributed by atoms with Crippen LogP contribution in [0.2, 0.25) is 0 Å². The molecule has 5 nitrogen and oxygen atoms in total. The molecule has 8 heteroatoms. The second kappa shape index (κ2) is 6.76. The summed E-state index contributed by atoms with van der Waals surface area (Å²) < 4.78 is 6.76. The monoisotopic (exact) mass is 432 g/mol. The van der Waals surface area contributed by atoms with Crippen molar-refractivity contribution in [2.75, 3.05) is 7.11 Å². The fourth-order valence-electron chi connectivity index (χ4n) is 1.62. The smallest absolute Gasteiger partial charge is 0.286 e. The van der Waals surface area contributed by atoms with E-state index in [1.165, 1.54) is 6.92 Å². The normalized spacial score (nSPS) is 16.1. The molecule has 0 spiro atoms. The number of amidine groups is 1. The summed E-state index contributed by atoms with van der Waals surface area (Å²) in [6.45, 7) is 1.37. The molecule has 0 aromatic heterocycles. The maximum Gasteiger partial charge on any atom is 0.286 e. The first-order chi connectivity index (χ1) is 9.90. The van der Waals surface area contributed by atoms with Crippen LogP contribution in [0.3, 0.4) is 0 Å². The summed E-state index contributed by atoms with van der Waals surface area (Å²) in [6.07, 6.45) is 1.71. The summed E-state index contributed by atoms with van der Waals surface area (Å²) in [5.74, 6) is 0.0507. The predicted molar refractivity (Wildman–Crippen MR) is 90.2 cm³/mol. The van der Waals surface area contributed by atoms with Crippen LogP contribution in [-0.2, 0) is 9.59 Å². The van der Waals surface area contributed by atoms with E-state index >= 15 is 0 Å². The summed E-state index contributed by atoms with van der Waals surface area (Å²) >= 11 is 7.94. The quantitative estimate of drug-likeness (QED) is 0.726. The van der Waals surface area contributed by atoms with E-state index in [1.54, 1.807) is 13.2 Å². The summed E-state index contributed by atoms with van der Waals surface area (Å²) in [6, 6.07) is 3.67. The van der Waals surface area contributed by atoms with E-state index < -0.39 is 0 Å². The summed E-state index contributed by atoms with van der Waals surface area (Å²) in [5, 5.41) is 2.80. The molecule has 1 aliphatic heterocycles. The Hall–Kier alpha value is -1.12. The van der Waals surface area contributed by atoms with Gasteiger partial charge < -0.3 is 10.1 Å². The van der Waals surface area contributed by atoms with Crippen LogP contribution in [0.25, 0.3) is 6.08 Å². The average molecular weight is 434 g/mol. The maximum absolute atomic E-state index is 11.8. The molecule has 21 heavy (non-hydrogen) atoms. The molecule has 2 rings (SSSR count). The van der Waals surface area contributed by atoms with Crippen LogP contribution in [-0.4, -0.2) is 24.1 Å². The minimum atomic E-state index is -0.369. The first kappa shape index (κ1) is 16.3. The van der Waals surface area contributed by atoms with Gasteiger partial charge in [0, 0.05) is 6.92 Å². The van der Waals surface area contributed by atoms with Crippen LogP contribution < -0.4 is 10.1 Å². The molecule has 1 heterocycles. The zero-order valence-electron chi connectivity index (χ0n) is 11.1. The molecular weight excluding hydrogens is 424 g/mol. The highest BCUT2D eigenvalue weighted by Gasteiger charge is 2.22. The van der Waals surface area contributed by atoms with Gasteiger partial charge in [-0.2, -0.15) is 4.99 Å². The lowest BCUT2D eigenvalue weighted by Gasteiger charge is -2.07. The minimum Gasteiger partial charge on any atom is -0.494 e. The Kier molecular flexibility index (Phi) is 5.23. The van der Waals surface area contributed by atoms with E-state index in [-0.39, 0.29) is 11.8 Å². The molecule has 1 N–H and O–H groups in total. The largest absolute Gasteiger partial charge is 0.494 e. The molecule has 0 saturated carbocycles. The van der Waals surface area contributed by atoms with E-state index in [4.69, 9.17) is 4.74 Å². The molecule has 0 radical (unpaired) electrons. The zero-order chi connectivity index (χ0) is 15.6. The van der Waals surface area contributed by atoms with Crippen LogP contribution in [0, 0.1) is 0 Å². The highest BCUT2D eigenvalue weighted by atomic mass is 79.9. The molecule has 0 bridgehead atoms. The number of nitrogens with zero attached hydrogens (tertiary/aromatic N) is 1. The number of aliphatic imine (C=N–C) groups is 1. The molecule has 1 aliphatic rings. The lowest BCUT2D eigenvalue weighted by Crippen LogP contribution is -2.23. The van der Waals surface area contributed by atoms with Crippen molar-refractivity contribution in [2.45, 2.75) is 6.92 Å². The SMILES string of the molecule is COc1c(Br)cc(C=C2SC(NC(C)=O)=NC2=O)cc1Br. The van der Waals surface area contributed by atoms with Gasteiger partial charge in [-0.25, -0.2) is 0 Å². The van der Waals surface area contributed by atoms with Crippen molar-refractivity contribution in [3.05, 3.63) is 31.5 Å². The molecule has 0 saturated heterocycles. The predicted octanol–water partition coefficient (Wildman–Crippen LogP) is 3.33. The number of hydrogen-bond acceptors (Lipinski definition) is 4. The Morgan fingerprint density at radius 1 is 1.38 bits per heavy atom. The van der Waals surface area contributed by atoms with Crippen molar-refractivity contribution < 1.29 is 14.3 Å². The molecule has 0 unspecified atom stereocenters. The fourth-order valence-corrected chi connectivity index (χ4v) is 4.03. The van der Waals surface area contributed by atoms with Gasteiger partial charge in [-0.05, 0) is 67.4 Å². The highest BCUT2D eigenvalue weighted by Crippen LogP contribution is 2.36. The Bertz CT molecular complexity index is 663. The third-order valence-electron chi connectivity index (χ3n) is 2.43. The number of nitrogens with one attached hydrogen (secondary N) is 1. The van der Waals surface area contributed by atoms with Crippen LogP contribution in [0.4, 0.5) is 0 Å². The fraction of sp³-hybridized carbons (Fsp3) is 0.154. The van der Waals surface area contributed by atoms with Gasteiger partial charge in [0.15, 0.2) is 5.17 Å². The van der Waals surface area contributed by atoms with Crippen LogP contribution in [0.1, 0.15) is 12.5 Å². The molecule has 1 aromatic rings. The number of halogens is 2. The lowest BCUT2D eigenvalue weighted by molar-refractivity contribution is -0.117. The van der Waals surface area contributed by atoms with Crippen molar-refractivity contribution in [3.8, 4) is 5.75 Å². The number of thioether (sulfide) groups is 1. The summed E-state index contributed by atoms with van der Waals surface area (Å²) in [7, 11) is 1.58. The Balaban J connectivity index is 2.26. The van der Waals surface area contributed by atoms with Gasteiger partial charge in [-0.1, -0.05) is 0 Å². The van der Waals surface area contributed by atoms with Gasteiger partial charge in [0.2, 0.25) is 5.91 Å². The maximum atomic E-state index is 11.8. The number of methoxy groups -OCH3 is 1. The number of carbonyl (C=O) groups excluding carboxylic acids is 2. The van der Waals surface area contributed by atoms with E-state index in [0.29, 0.717) is 15.8 Å². The van der Waals surface area contributed by atoms with Crippen LogP contribution >= 0.6 is 43.6 Å². The Morgan fingerprint density at radius 3 is 2.52 bits per heavy atom. The van der Waals surface area contributed by atoms with Crippen LogP contribution in [0.15, 0.2) is 31.0 Å². The van der Waals surface area contributed by atoms with Crippen molar-refractivity contribution in [3.63, 3.8) is 0 Å². The Labute approximate surface area is 142 Å². The van der Waals surface area contributed by atoms with E-state index in [2.05, 4.69) is 42.2 Å². The molecule has 2 amide bonds. The highest BCUT2D eigenvalue weighted by molar-refractivity contribution is 9.11. The molecule has 0 aliphatic carbocycles. The van der Waals surface area contributed by atoms with Crippen molar-refractivity contribution in [2.24, 2.45) is 4.99 Å². The van der Waals surface area contributed by atoms with Crippen molar-refractivity contribution in [1.29, 1.82) is 0 Å². The van der Waals surface area contributed by atoms with E-state index in [1.807, 2.05) is 12.1 Å². The van der Waals surface area contributed by atoms with Crippen LogP contribution in [0.5, 0.6) is 5.75 Å².